The molecule has 0 heterocycles. The first-order valence-electron chi connectivity index (χ1n) is 5.63. The Kier molecular flexibility index (Phi) is 4.98. The van der Waals surface area contributed by atoms with Crippen molar-refractivity contribution in [1.82, 2.24) is 0 Å². The monoisotopic (exact) mass is 263 g/mol. The van der Waals surface area contributed by atoms with Crippen molar-refractivity contribution in [3.05, 3.63) is 29.8 Å². The first-order chi connectivity index (χ1) is 8.33. The second-order valence-corrected chi connectivity index (χ2v) is 4.00. The van der Waals surface area contributed by atoms with E-state index in [1.807, 2.05) is 6.92 Å². The highest BCUT2D eigenvalue weighted by molar-refractivity contribution is 5.31. The molecular weight excluding hydrogens is 247 g/mol. The fraction of sp³-hybridized carbons (Fsp3) is 0.500. The van der Waals surface area contributed by atoms with E-state index in [1.165, 1.54) is 18.2 Å². The first kappa shape index (κ1) is 14.8. The molecule has 102 valence electrons. The van der Waals surface area contributed by atoms with Crippen LogP contribution in [0.25, 0.3) is 0 Å². The van der Waals surface area contributed by atoms with Crippen LogP contribution in [-0.4, -0.2) is 17.6 Å². The molecule has 0 fully saturated rings. The zero-order valence-electron chi connectivity index (χ0n) is 9.95. The third-order valence-corrected chi connectivity index (χ3v) is 2.48. The summed E-state index contributed by atoms with van der Waals surface area (Å²) < 4.78 is 39.9. The topological polar surface area (TPSA) is 55.5 Å². The van der Waals surface area contributed by atoms with Crippen molar-refractivity contribution in [2.75, 3.05) is 0 Å². The molecule has 0 saturated heterocycles. The van der Waals surface area contributed by atoms with Crippen LogP contribution in [0.15, 0.2) is 24.3 Å². The number of benzene rings is 1. The molecule has 0 saturated carbocycles. The van der Waals surface area contributed by atoms with Crippen LogP contribution in [0, 0.1) is 0 Å². The first-order valence-corrected chi connectivity index (χ1v) is 5.63. The van der Waals surface area contributed by atoms with Gasteiger partial charge in [-0.1, -0.05) is 25.5 Å². The molecule has 1 aromatic rings. The predicted octanol–water partition coefficient (Wildman–Crippen LogP) is 2.75. The lowest BCUT2D eigenvalue weighted by atomic mass is 9.99. The van der Waals surface area contributed by atoms with E-state index in [0.717, 1.165) is 6.42 Å². The molecule has 1 rings (SSSR count). The van der Waals surface area contributed by atoms with Gasteiger partial charge in [0.1, 0.15) is 5.75 Å². The average molecular weight is 263 g/mol. The number of hydrogen-bond donors (Lipinski definition) is 2. The number of rotatable bonds is 5. The van der Waals surface area contributed by atoms with Crippen LogP contribution < -0.4 is 10.5 Å². The molecule has 6 heteroatoms. The molecule has 1 aromatic carbocycles. The highest BCUT2D eigenvalue weighted by Gasteiger charge is 2.31. The second-order valence-electron chi connectivity index (χ2n) is 4.00. The number of nitrogens with two attached hydrogens (primary N) is 1. The van der Waals surface area contributed by atoms with E-state index < -0.39 is 18.5 Å². The molecule has 2 atom stereocenters. The highest BCUT2D eigenvalue weighted by atomic mass is 19.4. The van der Waals surface area contributed by atoms with E-state index in [0.29, 0.717) is 12.0 Å². The summed E-state index contributed by atoms with van der Waals surface area (Å²) in [6.45, 7) is 1.89. The summed E-state index contributed by atoms with van der Waals surface area (Å²) in [7, 11) is 0. The van der Waals surface area contributed by atoms with E-state index in [4.69, 9.17) is 5.73 Å². The summed E-state index contributed by atoms with van der Waals surface area (Å²) in [6, 6.07) is 4.64. The Hall–Kier alpha value is -1.27. The van der Waals surface area contributed by atoms with Gasteiger partial charge in [-0.3, -0.25) is 0 Å². The highest BCUT2D eigenvalue weighted by Crippen LogP contribution is 2.26. The smallest absolute Gasteiger partial charge is 0.406 e. The van der Waals surface area contributed by atoms with E-state index in [-0.39, 0.29) is 5.75 Å². The van der Waals surface area contributed by atoms with E-state index in [1.54, 1.807) is 6.07 Å². The quantitative estimate of drug-likeness (QED) is 0.858. The van der Waals surface area contributed by atoms with Gasteiger partial charge in [0.2, 0.25) is 0 Å². The van der Waals surface area contributed by atoms with Crippen molar-refractivity contribution < 1.29 is 23.0 Å². The molecule has 0 aromatic heterocycles. The molecule has 0 radical (unpaired) electrons. The number of hydrogen-bond acceptors (Lipinski definition) is 3. The van der Waals surface area contributed by atoms with Crippen LogP contribution >= 0.6 is 0 Å². The van der Waals surface area contributed by atoms with Gasteiger partial charge < -0.3 is 15.6 Å². The summed E-state index contributed by atoms with van der Waals surface area (Å²) in [5.74, 6) is -0.334. The average Bonchev–Trinajstić information content (AvgIpc) is 2.26. The molecule has 0 aliphatic carbocycles. The third kappa shape index (κ3) is 4.54. The molecule has 0 aliphatic heterocycles. The zero-order valence-corrected chi connectivity index (χ0v) is 9.95. The minimum absolute atomic E-state index is 0.334. The Labute approximate surface area is 103 Å². The summed E-state index contributed by atoms with van der Waals surface area (Å²) in [5, 5.41) is 9.71. The van der Waals surface area contributed by atoms with Gasteiger partial charge in [-0.2, -0.15) is 0 Å². The van der Waals surface area contributed by atoms with Crippen molar-refractivity contribution >= 4 is 0 Å². The number of alkyl halides is 3. The third-order valence-electron chi connectivity index (χ3n) is 2.48. The Balaban J connectivity index is 2.81. The van der Waals surface area contributed by atoms with Gasteiger partial charge in [-0.05, 0) is 24.1 Å². The van der Waals surface area contributed by atoms with Crippen LogP contribution in [0.2, 0.25) is 0 Å². The van der Waals surface area contributed by atoms with E-state index >= 15 is 0 Å². The molecule has 0 aliphatic rings. The van der Waals surface area contributed by atoms with Gasteiger partial charge in [0.15, 0.2) is 0 Å². The van der Waals surface area contributed by atoms with E-state index in [9.17, 15) is 18.3 Å². The maximum absolute atomic E-state index is 12.1. The van der Waals surface area contributed by atoms with E-state index in [2.05, 4.69) is 4.74 Å². The van der Waals surface area contributed by atoms with Crippen LogP contribution in [0.5, 0.6) is 5.75 Å². The SMILES string of the molecule is CCC[C@@H](O)[C@@H](N)c1cccc(OC(F)(F)F)c1. The van der Waals surface area contributed by atoms with Crippen LogP contribution in [-0.2, 0) is 0 Å². The van der Waals surface area contributed by atoms with Crippen LogP contribution in [0.4, 0.5) is 13.2 Å². The van der Waals surface area contributed by atoms with Crippen LogP contribution in [0.3, 0.4) is 0 Å². The van der Waals surface area contributed by atoms with Crippen molar-refractivity contribution in [3.63, 3.8) is 0 Å². The van der Waals surface area contributed by atoms with Crippen molar-refractivity contribution in [2.45, 2.75) is 38.3 Å². The van der Waals surface area contributed by atoms with Crippen molar-refractivity contribution in [1.29, 1.82) is 0 Å². The molecule has 0 spiro atoms. The van der Waals surface area contributed by atoms with Crippen LogP contribution in [0.1, 0.15) is 31.4 Å². The normalized spacial score (nSPS) is 15.2. The Bertz CT molecular complexity index is 382. The summed E-state index contributed by atoms with van der Waals surface area (Å²) in [4.78, 5) is 0. The fourth-order valence-corrected chi connectivity index (χ4v) is 1.62. The Morgan fingerprint density at radius 2 is 2.06 bits per heavy atom. The standard InChI is InChI=1S/C12H16F3NO2/c1-2-4-10(17)11(16)8-5-3-6-9(7-8)18-12(13,14)15/h3,5-7,10-11,17H,2,4,16H2,1H3/t10-,11+/m1/s1. The predicted molar refractivity (Wildman–Crippen MR) is 61.0 cm³/mol. The number of halogens is 3. The number of aliphatic hydroxyl groups is 1. The Morgan fingerprint density at radius 1 is 1.39 bits per heavy atom. The fourth-order valence-electron chi connectivity index (χ4n) is 1.62. The van der Waals surface area contributed by atoms with Gasteiger partial charge in [-0.15, -0.1) is 13.2 Å². The summed E-state index contributed by atoms with van der Waals surface area (Å²) in [6.07, 6.45) is -4.28. The lowest BCUT2D eigenvalue weighted by molar-refractivity contribution is -0.274. The summed E-state index contributed by atoms with van der Waals surface area (Å²) >= 11 is 0. The minimum Gasteiger partial charge on any atom is -0.406 e. The summed E-state index contributed by atoms with van der Waals surface area (Å²) in [5.41, 5.74) is 6.18. The largest absolute Gasteiger partial charge is 0.573 e. The molecule has 0 bridgehead atoms. The maximum atomic E-state index is 12.1. The number of aliphatic hydroxyl groups excluding tert-OH is 1. The molecule has 0 unspecified atom stereocenters. The molecule has 18 heavy (non-hydrogen) atoms. The van der Waals surface area contributed by atoms with Gasteiger partial charge in [-0.25, -0.2) is 0 Å². The molecule has 0 amide bonds. The second kappa shape index (κ2) is 6.06. The van der Waals surface area contributed by atoms with Gasteiger partial charge in [0, 0.05) is 0 Å². The zero-order chi connectivity index (χ0) is 13.8. The molecule has 3 nitrogen and oxygen atoms in total. The van der Waals surface area contributed by atoms with Gasteiger partial charge in [0.05, 0.1) is 12.1 Å². The van der Waals surface area contributed by atoms with Crippen molar-refractivity contribution in [2.24, 2.45) is 5.73 Å². The lowest BCUT2D eigenvalue weighted by Crippen LogP contribution is -2.26. The van der Waals surface area contributed by atoms with Crippen molar-refractivity contribution in [3.8, 4) is 5.75 Å². The minimum atomic E-state index is -4.73. The number of ether oxygens (including phenoxy) is 1. The maximum Gasteiger partial charge on any atom is 0.573 e. The lowest BCUT2D eigenvalue weighted by Gasteiger charge is -2.19. The van der Waals surface area contributed by atoms with Gasteiger partial charge >= 0.3 is 6.36 Å². The van der Waals surface area contributed by atoms with Gasteiger partial charge in [0.25, 0.3) is 0 Å². The molecule has 3 N–H and O–H groups in total. The Morgan fingerprint density at radius 3 is 2.61 bits per heavy atom. The molecular formula is C12H16F3NO2.